The van der Waals surface area contributed by atoms with Crippen molar-refractivity contribution in [1.29, 1.82) is 0 Å². The average Bonchev–Trinajstić information content (AvgIpc) is 3.21. The van der Waals surface area contributed by atoms with Gasteiger partial charge in [-0.2, -0.15) is 4.99 Å². The summed E-state index contributed by atoms with van der Waals surface area (Å²) in [5.41, 5.74) is 2.04. The third kappa shape index (κ3) is 4.37. The molecule has 0 N–H and O–H groups in total. The fourth-order valence-corrected chi connectivity index (χ4v) is 4.55. The van der Waals surface area contributed by atoms with Crippen molar-refractivity contribution in [2.45, 2.75) is 52.0 Å². The van der Waals surface area contributed by atoms with Gasteiger partial charge in [0.1, 0.15) is 6.54 Å². The van der Waals surface area contributed by atoms with E-state index in [1.54, 1.807) is 4.57 Å². The first-order valence-electron chi connectivity index (χ1n) is 8.81. The molecular formula is C19H24N2O3S. The second kappa shape index (κ2) is 7.95. The molecule has 1 amide bonds. The Morgan fingerprint density at radius 3 is 2.80 bits per heavy atom. The molecule has 1 aliphatic carbocycles. The Morgan fingerprint density at radius 2 is 2.08 bits per heavy atom. The predicted octanol–water partition coefficient (Wildman–Crippen LogP) is 3.58. The van der Waals surface area contributed by atoms with E-state index >= 15 is 0 Å². The van der Waals surface area contributed by atoms with Crippen LogP contribution < -0.4 is 4.80 Å². The number of methoxy groups -OCH3 is 1. The summed E-state index contributed by atoms with van der Waals surface area (Å²) >= 11 is 1.44. The minimum Gasteiger partial charge on any atom is -0.468 e. The van der Waals surface area contributed by atoms with E-state index < -0.39 is 0 Å². The molecule has 0 radical (unpaired) electrons. The van der Waals surface area contributed by atoms with Crippen molar-refractivity contribution in [1.82, 2.24) is 4.57 Å². The molecular weight excluding hydrogens is 336 g/mol. The number of nitrogens with zero attached hydrogens (tertiary/aromatic N) is 2. The van der Waals surface area contributed by atoms with Gasteiger partial charge >= 0.3 is 5.97 Å². The van der Waals surface area contributed by atoms with Crippen molar-refractivity contribution in [3.8, 4) is 0 Å². The lowest BCUT2D eigenvalue weighted by Crippen LogP contribution is -2.22. The number of fused-ring (bicyclic) bond motifs is 1. The summed E-state index contributed by atoms with van der Waals surface area (Å²) in [4.78, 5) is 29.0. The number of aromatic nitrogens is 1. The Hall–Kier alpha value is -1.95. The van der Waals surface area contributed by atoms with Crippen LogP contribution in [0.15, 0.2) is 23.2 Å². The zero-order chi connectivity index (χ0) is 17.8. The number of aryl methyl sites for hydroxylation is 1. The van der Waals surface area contributed by atoms with E-state index in [1.165, 1.54) is 44.1 Å². The summed E-state index contributed by atoms with van der Waals surface area (Å²) in [5, 5.41) is 0. The lowest BCUT2D eigenvalue weighted by atomic mass is 10.0. The third-order valence-electron chi connectivity index (χ3n) is 4.81. The number of carbonyl (C=O) groups is 2. The Kier molecular flexibility index (Phi) is 5.68. The highest BCUT2D eigenvalue weighted by atomic mass is 32.1. The highest BCUT2D eigenvalue weighted by Crippen LogP contribution is 2.28. The van der Waals surface area contributed by atoms with Crippen LogP contribution in [0.3, 0.4) is 0 Å². The van der Waals surface area contributed by atoms with Crippen LogP contribution in [0.2, 0.25) is 0 Å². The normalized spacial score (nSPS) is 15.8. The van der Waals surface area contributed by atoms with E-state index in [1.807, 2.05) is 19.1 Å². The number of thiazole rings is 1. The molecule has 0 bridgehead atoms. The van der Waals surface area contributed by atoms with E-state index in [0.717, 1.165) is 22.2 Å². The van der Waals surface area contributed by atoms with Crippen molar-refractivity contribution < 1.29 is 14.3 Å². The molecule has 1 aromatic heterocycles. The van der Waals surface area contributed by atoms with Gasteiger partial charge in [0.15, 0.2) is 4.80 Å². The standard InChI is InChI=1S/C19H24N2O3S/c1-13-7-9-15-16(11-13)25-19(21(15)12-18(23)24-2)20-17(22)10-8-14-5-3-4-6-14/h7,9,11,14H,3-6,8,10,12H2,1-2H3. The second-order valence-corrected chi connectivity index (χ2v) is 7.72. The topological polar surface area (TPSA) is 60.7 Å². The fraction of sp³-hybridized carbons (Fsp3) is 0.526. The van der Waals surface area contributed by atoms with Crippen LogP contribution in [0.25, 0.3) is 10.2 Å². The number of benzene rings is 1. The van der Waals surface area contributed by atoms with Crippen molar-refractivity contribution in [2.75, 3.05) is 7.11 Å². The summed E-state index contributed by atoms with van der Waals surface area (Å²) in [6.07, 6.45) is 6.44. The predicted molar refractivity (Wildman–Crippen MR) is 98.3 cm³/mol. The third-order valence-corrected chi connectivity index (χ3v) is 5.86. The minimum atomic E-state index is -0.347. The highest BCUT2D eigenvalue weighted by Gasteiger charge is 2.16. The monoisotopic (exact) mass is 360 g/mol. The smallest absolute Gasteiger partial charge is 0.325 e. The van der Waals surface area contributed by atoms with Crippen LogP contribution in [-0.2, 0) is 20.9 Å². The summed E-state index contributed by atoms with van der Waals surface area (Å²) in [7, 11) is 1.37. The molecule has 0 saturated heterocycles. The minimum absolute atomic E-state index is 0.0638. The summed E-state index contributed by atoms with van der Waals surface area (Å²) < 4.78 is 7.59. The van der Waals surface area contributed by atoms with Crippen LogP contribution in [0, 0.1) is 12.8 Å². The van der Waals surface area contributed by atoms with Crippen molar-refractivity contribution in [3.05, 3.63) is 28.6 Å². The van der Waals surface area contributed by atoms with Crippen molar-refractivity contribution >= 4 is 33.4 Å². The van der Waals surface area contributed by atoms with Crippen LogP contribution >= 0.6 is 11.3 Å². The van der Waals surface area contributed by atoms with E-state index in [0.29, 0.717) is 17.1 Å². The maximum atomic E-state index is 12.3. The number of carbonyl (C=O) groups excluding carboxylic acids is 2. The van der Waals surface area contributed by atoms with Crippen molar-refractivity contribution in [3.63, 3.8) is 0 Å². The molecule has 25 heavy (non-hydrogen) atoms. The average molecular weight is 360 g/mol. The van der Waals surface area contributed by atoms with E-state index in [-0.39, 0.29) is 18.4 Å². The van der Waals surface area contributed by atoms with Gasteiger partial charge in [0.2, 0.25) is 5.91 Å². The first kappa shape index (κ1) is 17.9. The summed E-state index contributed by atoms with van der Waals surface area (Å²) in [5.74, 6) is 0.223. The van der Waals surface area contributed by atoms with Gasteiger partial charge in [-0.1, -0.05) is 43.1 Å². The first-order chi connectivity index (χ1) is 12.1. The molecule has 134 valence electrons. The molecule has 1 heterocycles. The highest BCUT2D eigenvalue weighted by molar-refractivity contribution is 7.16. The van der Waals surface area contributed by atoms with Gasteiger partial charge in [-0.25, -0.2) is 0 Å². The molecule has 0 spiro atoms. The molecule has 0 atom stereocenters. The number of ether oxygens (including phenoxy) is 1. The fourth-order valence-electron chi connectivity index (χ4n) is 3.40. The van der Waals surface area contributed by atoms with Gasteiger partial charge in [-0.15, -0.1) is 0 Å². The molecule has 0 unspecified atom stereocenters. The number of hydrogen-bond donors (Lipinski definition) is 0. The molecule has 2 aromatic rings. The van der Waals surface area contributed by atoms with E-state index in [9.17, 15) is 9.59 Å². The Morgan fingerprint density at radius 1 is 1.32 bits per heavy atom. The quantitative estimate of drug-likeness (QED) is 0.766. The van der Waals surface area contributed by atoms with Crippen LogP contribution in [0.5, 0.6) is 0 Å². The van der Waals surface area contributed by atoms with Crippen LogP contribution in [0.4, 0.5) is 0 Å². The van der Waals surface area contributed by atoms with Gasteiger partial charge in [0.25, 0.3) is 0 Å². The van der Waals surface area contributed by atoms with Crippen molar-refractivity contribution in [2.24, 2.45) is 10.9 Å². The molecule has 1 fully saturated rings. The zero-order valence-electron chi connectivity index (χ0n) is 14.8. The Labute approximate surface area is 151 Å². The Bertz CT molecular complexity index is 844. The molecule has 3 rings (SSSR count). The molecule has 0 aliphatic heterocycles. The summed E-state index contributed by atoms with van der Waals surface area (Å²) in [6.45, 7) is 2.08. The summed E-state index contributed by atoms with van der Waals surface area (Å²) in [6, 6.07) is 6.01. The largest absolute Gasteiger partial charge is 0.468 e. The van der Waals surface area contributed by atoms with Gasteiger partial charge in [-0.05, 0) is 37.0 Å². The Balaban J connectivity index is 1.88. The van der Waals surface area contributed by atoms with Gasteiger partial charge in [0, 0.05) is 6.42 Å². The molecule has 1 aromatic carbocycles. The zero-order valence-corrected chi connectivity index (χ0v) is 15.6. The van der Waals surface area contributed by atoms with Gasteiger partial charge < -0.3 is 9.30 Å². The second-order valence-electron chi connectivity index (χ2n) is 6.71. The van der Waals surface area contributed by atoms with Crippen LogP contribution in [-0.4, -0.2) is 23.6 Å². The first-order valence-corrected chi connectivity index (χ1v) is 9.63. The van der Waals surface area contributed by atoms with E-state index in [4.69, 9.17) is 4.74 Å². The lowest BCUT2D eigenvalue weighted by molar-refractivity contribution is -0.141. The SMILES string of the molecule is COC(=O)Cn1c(=NC(=O)CCC2CCCC2)sc2cc(C)ccc21. The van der Waals surface area contributed by atoms with Gasteiger partial charge in [-0.3, -0.25) is 9.59 Å². The van der Waals surface area contributed by atoms with E-state index in [2.05, 4.69) is 11.1 Å². The number of esters is 1. The van der Waals surface area contributed by atoms with Gasteiger partial charge in [0.05, 0.1) is 17.3 Å². The molecule has 5 nitrogen and oxygen atoms in total. The molecule has 1 saturated carbocycles. The number of rotatable bonds is 5. The lowest BCUT2D eigenvalue weighted by Gasteiger charge is -2.06. The van der Waals surface area contributed by atoms with Crippen LogP contribution in [0.1, 0.15) is 44.1 Å². The molecule has 6 heteroatoms. The maximum Gasteiger partial charge on any atom is 0.325 e. The molecule has 1 aliphatic rings. The number of hydrogen-bond acceptors (Lipinski definition) is 4. The number of amides is 1. The maximum absolute atomic E-state index is 12.3.